The number of hydrogen-bond acceptors (Lipinski definition) is 5. The lowest BCUT2D eigenvalue weighted by atomic mass is 9.89. The smallest absolute Gasteiger partial charge is 0.305 e. The van der Waals surface area contributed by atoms with Gasteiger partial charge in [-0.15, -0.1) is 0 Å². The number of aliphatic carboxylic acids is 1. The van der Waals surface area contributed by atoms with Crippen molar-refractivity contribution in [2.75, 3.05) is 13.3 Å². The van der Waals surface area contributed by atoms with Gasteiger partial charge in [-0.3, -0.25) is 14.4 Å². The van der Waals surface area contributed by atoms with Crippen LogP contribution in [-0.4, -0.2) is 41.8 Å². The van der Waals surface area contributed by atoms with Gasteiger partial charge in [0, 0.05) is 5.56 Å². The molecular weight excluding hydrogens is 328 g/mol. The van der Waals surface area contributed by atoms with Gasteiger partial charge >= 0.3 is 5.97 Å². The van der Waals surface area contributed by atoms with E-state index >= 15 is 0 Å². The Labute approximate surface area is 145 Å². The third-order valence-electron chi connectivity index (χ3n) is 4.29. The van der Waals surface area contributed by atoms with Crippen LogP contribution in [0.5, 0.6) is 11.5 Å². The van der Waals surface area contributed by atoms with E-state index in [-0.39, 0.29) is 19.8 Å². The largest absolute Gasteiger partial charge is 0.481 e. The molecule has 0 aromatic heterocycles. The average molecular weight is 350 g/mol. The van der Waals surface area contributed by atoms with Gasteiger partial charge in [0.25, 0.3) is 5.91 Å². The van der Waals surface area contributed by atoms with Gasteiger partial charge in [0.2, 0.25) is 12.7 Å². The summed E-state index contributed by atoms with van der Waals surface area (Å²) in [7, 11) is 0. The van der Waals surface area contributed by atoms with Gasteiger partial charge in [0.05, 0.1) is 18.5 Å². The van der Waals surface area contributed by atoms with E-state index in [1.807, 2.05) is 13.8 Å². The number of rotatable bonds is 8. The van der Waals surface area contributed by atoms with Crippen molar-refractivity contribution in [2.24, 2.45) is 0 Å². The summed E-state index contributed by atoms with van der Waals surface area (Å²) in [6.45, 7) is 3.51. The Kier molecular flexibility index (Phi) is 5.84. The first-order valence-corrected chi connectivity index (χ1v) is 8.10. The highest BCUT2D eigenvalue weighted by Crippen LogP contribution is 2.32. The lowest BCUT2D eigenvalue weighted by molar-refractivity contribution is -0.139. The highest BCUT2D eigenvalue weighted by Gasteiger charge is 2.31. The van der Waals surface area contributed by atoms with Gasteiger partial charge in [-0.25, -0.2) is 0 Å². The van der Waals surface area contributed by atoms with E-state index in [2.05, 4.69) is 10.6 Å². The number of nitrogens with one attached hydrogen (secondary N) is 2. The van der Waals surface area contributed by atoms with E-state index in [1.165, 1.54) is 0 Å². The van der Waals surface area contributed by atoms with E-state index in [0.717, 1.165) is 0 Å². The number of benzene rings is 1. The predicted octanol–water partition coefficient (Wildman–Crippen LogP) is 1.29. The number of fused-ring (bicyclic) bond motifs is 1. The molecule has 0 bridgehead atoms. The maximum absolute atomic E-state index is 12.1. The van der Waals surface area contributed by atoms with Crippen LogP contribution < -0.4 is 20.1 Å². The number of carboxylic acids is 1. The molecule has 0 radical (unpaired) electrons. The zero-order valence-electron chi connectivity index (χ0n) is 14.3. The molecule has 1 aromatic rings. The summed E-state index contributed by atoms with van der Waals surface area (Å²) in [4.78, 5) is 35.3. The normalized spacial score (nSPS) is 12.6. The third-order valence-corrected chi connectivity index (χ3v) is 4.29. The average Bonchev–Trinajstić information content (AvgIpc) is 3.06. The molecule has 0 spiro atoms. The monoisotopic (exact) mass is 350 g/mol. The van der Waals surface area contributed by atoms with E-state index < -0.39 is 23.3 Å². The molecule has 1 aliphatic rings. The molecule has 2 amide bonds. The minimum atomic E-state index is -0.978. The molecule has 8 heteroatoms. The number of hydrogen-bond donors (Lipinski definition) is 3. The lowest BCUT2D eigenvalue weighted by Crippen LogP contribution is -2.52. The first-order chi connectivity index (χ1) is 11.9. The predicted molar refractivity (Wildman–Crippen MR) is 88.6 cm³/mol. The van der Waals surface area contributed by atoms with Gasteiger partial charge in [-0.1, -0.05) is 13.8 Å². The molecule has 25 heavy (non-hydrogen) atoms. The molecule has 1 aliphatic heterocycles. The Morgan fingerprint density at radius 2 is 1.84 bits per heavy atom. The fraction of sp³-hybridized carbons (Fsp3) is 0.471. The van der Waals surface area contributed by atoms with Crippen molar-refractivity contribution in [1.82, 2.24) is 10.6 Å². The Balaban J connectivity index is 1.92. The Morgan fingerprint density at radius 3 is 2.48 bits per heavy atom. The molecule has 0 saturated carbocycles. The van der Waals surface area contributed by atoms with Crippen LogP contribution in [0, 0.1) is 0 Å². The highest BCUT2D eigenvalue weighted by molar-refractivity contribution is 5.97. The van der Waals surface area contributed by atoms with Crippen LogP contribution in [-0.2, 0) is 9.59 Å². The molecule has 0 fully saturated rings. The second kappa shape index (κ2) is 7.87. The van der Waals surface area contributed by atoms with Crippen molar-refractivity contribution in [3.63, 3.8) is 0 Å². The maximum Gasteiger partial charge on any atom is 0.305 e. The fourth-order valence-electron chi connectivity index (χ4n) is 2.65. The molecule has 136 valence electrons. The zero-order valence-corrected chi connectivity index (χ0v) is 14.3. The number of carbonyl (C=O) groups is 3. The first kappa shape index (κ1) is 18.6. The van der Waals surface area contributed by atoms with Crippen LogP contribution in [0.1, 0.15) is 43.5 Å². The van der Waals surface area contributed by atoms with Crippen LogP contribution in [0.2, 0.25) is 0 Å². The second-order valence-corrected chi connectivity index (χ2v) is 5.86. The van der Waals surface area contributed by atoms with Gasteiger partial charge < -0.3 is 25.2 Å². The van der Waals surface area contributed by atoms with E-state index in [1.54, 1.807) is 18.2 Å². The summed E-state index contributed by atoms with van der Waals surface area (Å²) >= 11 is 0. The van der Waals surface area contributed by atoms with Crippen molar-refractivity contribution in [1.29, 1.82) is 0 Å². The standard InChI is InChI=1S/C17H22N2O6/c1-3-17(4-2,8-15(21)22)19-14(20)9-18-16(23)11-5-6-12-13(7-11)25-10-24-12/h5-7H,3-4,8-10H2,1-2H3,(H,18,23)(H,19,20)(H,21,22). The minimum Gasteiger partial charge on any atom is -0.481 e. The van der Waals surface area contributed by atoms with E-state index in [0.29, 0.717) is 29.9 Å². The van der Waals surface area contributed by atoms with Gasteiger partial charge in [-0.2, -0.15) is 0 Å². The molecule has 0 aliphatic carbocycles. The summed E-state index contributed by atoms with van der Waals surface area (Å²) in [6, 6.07) is 4.75. The van der Waals surface area contributed by atoms with Crippen LogP contribution in [0.25, 0.3) is 0 Å². The number of amides is 2. The van der Waals surface area contributed by atoms with Gasteiger partial charge in [0.15, 0.2) is 11.5 Å². The molecule has 0 atom stereocenters. The topological polar surface area (TPSA) is 114 Å². The highest BCUT2D eigenvalue weighted by atomic mass is 16.7. The van der Waals surface area contributed by atoms with Gasteiger partial charge in [0.1, 0.15) is 0 Å². The minimum absolute atomic E-state index is 0.114. The first-order valence-electron chi connectivity index (χ1n) is 8.10. The van der Waals surface area contributed by atoms with E-state index in [4.69, 9.17) is 14.6 Å². The zero-order chi connectivity index (χ0) is 18.4. The van der Waals surface area contributed by atoms with Crippen molar-refractivity contribution < 1.29 is 29.0 Å². The van der Waals surface area contributed by atoms with Crippen LogP contribution in [0.15, 0.2) is 18.2 Å². The van der Waals surface area contributed by atoms with Crippen molar-refractivity contribution in [2.45, 2.75) is 38.6 Å². The van der Waals surface area contributed by atoms with Crippen molar-refractivity contribution in [3.8, 4) is 11.5 Å². The summed E-state index contributed by atoms with van der Waals surface area (Å²) in [5.41, 5.74) is -0.466. The summed E-state index contributed by atoms with van der Waals surface area (Å²) < 4.78 is 10.4. The van der Waals surface area contributed by atoms with Gasteiger partial charge in [-0.05, 0) is 31.0 Å². The lowest BCUT2D eigenvalue weighted by Gasteiger charge is -2.31. The summed E-state index contributed by atoms with van der Waals surface area (Å²) in [5.74, 6) is -0.786. The summed E-state index contributed by atoms with van der Waals surface area (Å²) in [6.07, 6.45) is 0.803. The van der Waals surface area contributed by atoms with Crippen LogP contribution in [0.3, 0.4) is 0 Å². The number of ether oxygens (including phenoxy) is 2. The number of carbonyl (C=O) groups excluding carboxylic acids is 2. The van der Waals surface area contributed by atoms with Crippen LogP contribution in [0.4, 0.5) is 0 Å². The molecule has 8 nitrogen and oxygen atoms in total. The Morgan fingerprint density at radius 1 is 1.16 bits per heavy atom. The maximum atomic E-state index is 12.1. The third kappa shape index (κ3) is 4.62. The SMILES string of the molecule is CCC(CC)(CC(=O)O)NC(=O)CNC(=O)c1ccc2c(c1)OCO2. The molecule has 0 saturated heterocycles. The van der Waals surface area contributed by atoms with Crippen molar-refractivity contribution in [3.05, 3.63) is 23.8 Å². The molecule has 2 rings (SSSR count). The van der Waals surface area contributed by atoms with E-state index in [9.17, 15) is 14.4 Å². The number of carboxylic acid groups (broad SMARTS) is 1. The summed E-state index contributed by atoms with van der Waals surface area (Å²) in [5, 5.41) is 14.3. The molecule has 1 heterocycles. The second-order valence-electron chi connectivity index (χ2n) is 5.86. The molecular formula is C17H22N2O6. The molecule has 0 unspecified atom stereocenters. The molecule has 3 N–H and O–H groups in total. The fourth-order valence-corrected chi connectivity index (χ4v) is 2.65. The quantitative estimate of drug-likeness (QED) is 0.651. The van der Waals surface area contributed by atoms with Crippen molar-refractivity contribution >= 4 is 17.8 Å². The molecule has 1 aromatic carbocycles. The van der Waals surface area contributed by atoms with Crippen LogP contribution >= 0.6 is 0 Å². The Bertz CT molecular complexity index is 669. The Hall–Kier alpha value is -2.77.